The van der Waals surface area contributed by atoms with Gasteiger partial charge in [0.1, 0.15) is 0 Å². The van der Waals surface area contributed by atoms with Crippen LogP contribution in [-0.2, 0) is 6.42 Å². The predicted molar refractivity (Wildman–Crippen MR) is 45.7 cm³/mol. The van der Waals surface area contributed by atoms with E-state index >= 15 is 0 Å². The van der Waals surface area contributed by atoms with Gasteiger partial charge in [0.05, 0.1) is 0 Å². The second kappa shape index (κ2) is 3.94. The topological polar surface area (TPSA) is 12.9 Å². The average Bonchev–Trinajstić information content (AvgIpc) is 2.31. The summed E-state index contributed by atoms with van der Waals surface area (Å²) in [7, 11) is 0. The van der Waals surface area contributed by atoms with Crippen molar-refractivity contribution in [1.82, 2.24) is 4.98 Å². The largest absolute Gasteiger partial charge is 0.233 e. The standard InChI is InChI=1S/C7H10ClNS/c1-2-3-4-6-5-9-7(8)10-6/h5H,2-4H2,1H3. The highest BCUT2D eigenvalue weighted by molar-refractivity contribution is 7.15. The predicted octanol–water partition coefficient (Wildman–Crippen LogP) is 3.14. The van der Waals surface area contributed by atoms with Crippen LogP contribution in [0.2, 0.25) is 4.47 Å². The molecule has 0 atom stereocenters. The van der Waals surface area contributed by atoms with Crippen molar-refractivity contribution in [2.75, 3.05) is 0 Å². The Hall–Kier alpha value is -0.0800. The van der Waals surface area contributed by atoms with E-state index in [0.29, 0.717) is 4.47 Å². The molecule has 1 nitrogen and oxygen atoms in total. The van der Waals surface area contributed by atoms with Crippen LogP contribution < -0.4 is 0 Å². The number of aryl methyl sites for hydroxylation is 1. The SMILES string of the molecule is CCCCc1cnc(Cl)s1. The number of nitrogens with zero attached hydrogens (tertiary/aromatic N) is 1. The van der Waals surface area contributed by atoms with E-state index in [2.05, 4.69) is 11.9 Å². The summed E-state index contributed by atoms with van der Waals surface area (Å²) in [6, 6.07) is 0. The van der Waals surface area contributed by atoms with Crippen LogP contribution in [0.5, 0.6) is 0 Å². The van der Waals surface area contributed by atoms with Crippen LogP contribution in [0.3, 0.4) is 0 Å². The average molecular weight is 176 g/mol. The Morgan fingerprint density at radius 3 is 3.00 bits per heavy atom. The molecule has 0 aliphatic carbocycles. The third-order valence-corrected chi connectivity index (χ3v) is 2.48. The summed E-state index contributed by atoms with van der Waals surface area (Å²) in [5.41, 5.74) is 0. The first kappa shape index (κ1) is 8.02. The van der Waals surface area contributed by atoms with Gasteiger partial charge >= 0.3 is 0 Å². The van der Waals surface area contributed by atoms with Crippen LogP contribution in [0.4, 0.5) is 0 Å². The number of thiazole rings is 1. The Morgan fingerprint density at radius 2 is 2.50 bits per heavy atom. The van der Waals surface area contributed by atoms with Gasteiger partial charge in [-0.3, -0.25) is 0 Å². The molecule has 56 valence electrons. The lowest BCUT2D eigenvalue weighted by molar-refractivity contribution is 0.803. The summed E-state index contributed by atoms with van der Waals surface area (Å²) in [6.45, 7) is 2.18. The first-order valence-electron chi connectivity index (χ1n) is 3.43. The van der Waals surface area contributed by atoms with Gasteiger partial charge in [-0.15, -0.1) is 11.3 Å². The first-order valence-corrected chi connectivity index (χ1v) is 4.62. The van der Waals surface area contributed by atoms with E-state index in [1.54, 1.807) is 11.3 Å². The molecule has 1 aromatic rings. The summed E-state index contributed by atoms with van der Waals surface area (Å²) >= 11 is 7.23. The first-order chi connectivity index (χ1) is 4.83. The number of aromatic nitrogens is 1. The van der Waals surface area contributed by atoms with Crippen LogP contribution in [0, 0.1) is 0 Å². The summed E-state index contributed by atoms with van der Waals surface area (Å²) in [6.07, 6.45) is 5.46. The summed E-state index contributed by atoms with van der Waals surface area (Å²) in [5.74, 6) is 0. The smallest absolute Gasteiger partial charge is 0.183 e. The Morgan fingerprint density at radius 1 is 1.70 bits per heavy atom. The van der Waals surface area contributed by atoms with Gasteiger partial charge in [-0.2, -0.15) is 0 Å². The van der Waals surface area contributed by atoms with Crippen LogP contribution in [0.15, 0.2) is 6.20 Å². The van der Waals surface area contributed by atoms with Crippen molar-refractivity contribution in [3.63, 3.8) is 0 Å². The molecule has 1 aromatic heterocycles. The van der Waals surface area contributed by atoms with Crippen molar-refractivity contribution >= 4 is 22.9 Å². The van der Waals surface area contributed by atoms with E-state index in [9.17, 15) is 0 Å². The molecule has 0 aliphatic rings. The second-order valence-corrected chi connectivity index (χ2v) is 3.88. The Balaban J connectivity index is 2.42. The highest BCUT2D eigenvalue weighted by Gasteiger charge is 1.96. The van der Waals surface area contributed by atoms with E-state index in [1.165, 1.54) is 17.7 Å². The maximum absolute atomic E-state index is 5.65. The molecule has 0 saturated carbocycles. The van der Waals surface area contributed by atoms with Gasteiger partial charge in [-0.1, -0.05) is 24.9 Å². The maximum Gasteiger partial charge on any atom is 0.183 e. The van der Waals surface area contributed by atoms with Gasteiger partial charge in [0.2, 0.25) is 0 Å². The number of hydrogen-bond donors (Lipinski definition) is 0. The zero-order valence-corrected chi connectivity index (χ0v) is 7.50. The van der Waals surface area contributed by atoms with Crippen LogP contribution in [0.25, 0.3) is 0 Å². The lowest BCUT2D eigenvalue weighted by Gasteiger charge is -1.89. The zero-order valence-electron chi connectivity index (χ0n) is 5.93. The molecule has 0 bridgehead atoms. The molecule has 0 amide bonds. The molecule has 0 spiro atoms. The zero-order chi connectivity index (χ0) is 7.40. The molecule has 0 unspecified atom stereocenters. The Kier molecular flexibility index (Phi) is 3.16. The lowest BCUT2D eigenvalue weighted by atomic mass is 10.2. The van der Waals surface area contributed by atoms with Gasteiger partial charge in [-0.25, -0.2) is 4.98 Å². The van der Waals surface area contributed by atoms with Crippen molar-refractivity contribution in [3.05, 3.63) is 15.5 Å². The quantitative estimate of drug-likeness (QED) is 0.688. The monoisotopic (exact) mass is 175 g/mol. The molecule has 10 heavy (non-hydrogen) atoms. The van der Waals surface area contributed by atoms with Crippen LogP contribution in [0.1, 0.15) is 24.6 Å². The third-order valence-electron chi connectivity index (χ3n) is 1.30. The minimum absolute atomic E-state index is 0.658. The number of halogens is 1. The number of unbranched alkanes of at least 4 members (excludes halogenated alkanes) is 1. The second-order valence-electron chi connectivity index (χ2n) is 2.18. The minimum atomic E-state index is 0.658. The van der Waals surface area contributed by atoms with Gasteiger partial charge in [0, 0.05) is 11.1 Å². The minimum Gasteiger partial charge on any atom is -0.233 e. The van der Waals surface area contributed by atoms with Gasteiger partial charge in [-0.05, 0) is 12.8 Å². The van der Waals surface area contributed by atoms with E-state index in [-0.39, 0.29) is 0 Å². The number of hydrogen-bond acceptors (Lipinski definition) is 2. The summed E-state index contributed by atoms with van der Waals surface area (Å²) in [5, 5.41) is 0. The normalized spacial score (nSPS) is 10.2. The molecule has 1 rings (SSSR count). The van der Waals surface area contributed by atoms with Crippen LogP contribution >= 0.6 is 22.9 Å². The van der Waals surface area contributed by atoms with E-state index < -0.39 is 0 Å². The van der Waals surface area contributed by atoms with Crippen molar-refractivity contribution in [3.8, 4) is 0 Å². The fourth-order valence-electron chi connectivity index (χ4n) is 0.750. The molecule has 0 saturated heterocycles. The maximum atomic E-state index is 5.65. The van der Waals surface area contributed by atoms with E-state index in [4.69, 9.17) is 11.6 Å². The molecule has 0 fully saturated rings. The van der Waals surface area contributed by atoms with Crippen molar-refractivity contribution in [1.29, 1.82) is 0 Å². The molecule has 0 aliphatic heterocycles. The fraction of sp³-hybridized carbons (Fsp3) is 0.571. The van der Waals surface area contributed by atoms with Gasteiger partial charge in [0.15, 0.2) is 4.47 Å². The lowest BCUT2D eigenvalue weighted by Crippen LogP contribution is -1.76. The molecule has 0 aromatic carbocycles. The summed E-state index contributed by atoms with van der Waals surface area (Å²) in [4.78, 5) is 5.25. The molecular weight excluding hydrogens is 166 g/mol. The Bertz CT molecular complexity index is 197. The van der Waals surface area contributed by atoms with Crippen molar-refractivity contribution in [2.24, 2.45) is 0 Å². The molecule has 0 radical (unpaired) electrons. The fourth-order valence-corrected chi connectivity index (χ4v) is 1.77. The highest BCUT2D eigenvalue weighted by atomic mass is 35.5. The Labute approximate surface area is 70.1 Å². The molecule has 1 heterocycles. The van der Waals surface area contributed by atoms with E-state index in [1.807, 2.05) is 6.20 Å². The molecule has 3 heteroatoms. The number of rotatable bonds is 3. The van der Waals surface area contributed by atoms with Crippen LogP contribution in [-0.4, -0.2) is 4.98 Å². The van der Waals surface area contributed by atoms with E-state index in [0.717, 1.165) is 6.42 Å². The van der Waals surface area contributed by atoms with Gasteiger partial charge in [0.25, 0.3) is 0 Å². The summed E-state index contributed by atoms with van der Waals surface area (Å²) < 4.78 is 0.658. The molecule has 0 N–H and O–H groups in total. The van der Waals surface area contributed by atoms with Gasteiger partial charge < -0.3 is 0 Å². The molecular formula is C7H10ClNS. The van der Waals surface area contributed by atoms with Crippen molar-refractivity contribution in [2.45, 2.75) is 26.2 Å². The third kappa shape index (κ3) is 2.27. The highest BCUT2D eigenvalue weighted by Crippen LogP contribution is 2.19. The van der Waals surface area contributed by atoms with Crippen molar-refractivity contribution < 1.29 is 0 Å².